The normalized spacial score (nSPS) is 20.8. The second kappa shape index (κ2) is 7.87. The molecular weight excluding hydrogens is 349 g/mol. The zero-order valence-electron chi connectivity index (χ0n) is 16.8. The molecule has 1 aromatic rings. The maximum Gasteiger partial charge on any atom is 0.410 e. The Labute approximate surface area is 160 Å². The van der Waals surface area contributed by atoms with Crippen molar-refractivity contribution in [1.29, 1.82) is 0 Å². The lowest BCUT2D eigenvalue weighted by atomic mass is 9.74. The first kappa shape index (κ1) is 21.2. The Morgan fingerprint density at radius 3 is 2.37 bits per heavy atom. The molecule has 2 rings (SSSR count). The average molecular weight is 379 g/mol. The van der Waals surface area contributed by atoms with Gasteiger partial charge in [-0.2, -0.15) is 0 Å². The van der Waals surface area contributed by atoms with E-state index in [1.807, 2.05) is 34.6 Å². The van der Waals surface area contributed by atoms with Crippen LogP contribution in [-0.4, -0.2) is 39.8 Å². The van der Waals surface area contributed by atoms with Crippen LogP contribution in [0.25, 0.3) is 0 Å². The monoisotopic (exact) mass is 379 g/mol. The van der Waals surface area contributed by atoms with Crippen LogP contribution in [-0.2, 0) is 16.0 Å². The molecule has 27 heavy (non-hydrogen) atoms. The van der Waals surface area contributed by atoms with Crippen LogP contribution in [0.5, 0.6) is 0 Å². The van der Waals surface area contributed by atoms with Gasteiger partial charge in [-0.1, -0.05) is 12.1 Å². The lowest BCUT2D eigenvalue weighted by Gasteiger charge is -2.46. The highest BCUT2D eigenvalue weighted by atomic mass is 19.1. The molecule has 2 atom stereocenters. The molecule has 0 aliphatic carbocycles. The standard InChI is InChI=1S/C21H30FNO4/c1-20(2,3)27-19(26)23-11-10-15(13-21(23,4)5)17(18(24)25)12-14-6-8-16(22)9-7-14/h6-9,15,17H,10-13H2,1-5H3,(H,24,25). The third kappa shape index (κ3) is 5.68. The second-order valence-corrected chi connectivity index (χ2v) is 8.97. The largest absolute Gasteiger partial charge is 0.481 e. The molecule has 0 radical (unpaired) electrons. The summed E-state index contributed by atoms with van der Waals surface area (Å²) in [5, 5.41) is 9.76. The lowest BCUT2D eigenvalue weighted by molar-refractivity contribution is -0.145. The van der Waals surface area contributed by atoms with Gasteiger partial charge in [0, 0.05) is 12.1 Å². The van der Waals surface area contributed by atoms with Crippen molar-refractivity contribution in [3.8, 4) is 0 Å². The summed E-state index contributed by atoms with van der Waals surface area (Å²) < 4.78 is 18.6. The molecule has 1 N–H and O–H groups in total. The van der Waals surface area contributed by atoms with Crippen molar-refractivity contribution >= 4 is 12.1 Å². The highest BCUT2D eigenvalue weighted by molar-refractivity contribution is 5.71. The molecule has 0 aromatic heterocycles. The molecule has 1 fully saturated rings. The summed E-state index contributed by atoms with van der Waals surface area (Å²) in [5.41, 5.74) is -0.269. The summed E-state index contributed by atoms with van der Waals surface area (Å²) in [6.45, 7) is 9.83. The molecule has 1 aliphatic rings. The summed E-state index contributed by atoms with van der Waals surface area (Å²) in [6, 6.07) is 5.96. The quantitative estimate of drug-likeness (QED) is 0.837. The third-order valence-corrected chi connectivity index (χ3v) is 5.08. The van der Waals surface area contributed by atoms with Crippen molar-refractivity contribution in [2.45, 2.75) is 65.0 Å². The molecule has 6 heteroatoms. The van der Waals surface area contributed by atoms with Crippen LogP contribution in [0.4, 0.5) is 9.18 Å². The van der Waals surface area contributed by atoms with Crippen molar-refractivity contribution in [1.82, 2.24) is 4.90 Å². The lowest BCUT2D eigenvalue weighted by Crippen LogP contribution is -2.55. The predicted octanol–water partition coefficient (Wildman–Crippen LogP) is 4.49. The molecule has 1 saturated heterocycles. The van der Waals surface area contributed by atoms with Crippen LogP contribution in [0.1, 0.15) is 53.0 Å². The summed E-state index contributed by atoms with van der Waals surface area (Å²) in [5.74, 6) is -1.83. The van der Waals surface area contributed by atoms with Crippen LogP contribution < -0.4 is 0 Å². The minimum Gasteiger partial charge on any atom is -0.481 e. The number of rotatable bonds is 4. The first-order valence-corrected chi connectivity index (χ1v) is 9.37. The topological polar surface area (TPSA) is 66.8 Å². The molecule has 1 aliphatic heterocycles. The minimum absolute atomic E-state index is 0.0683. The maximum absolute atomic E-state index is 13.1. The molecule has 150 valence electrons. The molecule has 0 saturated carbocycles. The van der Waals surface area contributed by atoms with E-state index in [4.69, 9.17) is 4.74 Å². The number of aliphatic carboxylic acids is 1. The van der Waals surface area contributed by atoms with Crippen LogP contribution in [0, 0.1) is 17.7 Å². The number of halogens is 1. The SMILES string of the molecule is CC(C)(C)OC(=O)N1CCC(C(Cc2ccc(F)cc2)C(=O)O)CC1(C)C. The van der Waals surface area contributed by atoms with E-state index >= 15 is 0 Å². The number of amides is 1. The third-order valence-electron chi connectivity index (χ3n) is 5.08. The highest BCUT2D eigenvalue weighted by Gasteiger charge is 2.43. The summed E-state index contributed by atoms with van der Waals surface area (Å²) in [4.78, 5) is 26.1. The van der Waals surface area contributed by atoms with Gasteiger partial charge >= 0.3 is 12.1 Å². The predicted molar refractivity (Wildman–Crippen MR) is 101 cm³/mol. The zero-order valence-corrected chi connectivity index (χ0v) is 16.8. The van der Waals surface area contributed by atoms with Crippen molar-refractivity contribution in [2.75, 3.05) is 6.54 Å². The van der Waals surface area contributed by atoms with E-state index < -0.39 is 23.0 Å². The number of carboxylic acids is 1. The van der Waals surface area contributed by atoms with Gasteiger partial charge in [0.15, 0.2) is 0 Å². The van der Waals surface area contributed by atoms with Gasteiger partial charge in [-0.15, -0.1) is 0 Å². The van der Waals surface area contributed by atoms with Gasteiger partial charge in [0.25, 0.3) is 0 Å². The second-order valence-electron chi connectivity index (χ2n) is 8.97. The fraction of sp³-hybridized carbons (Fsp3) is 0.619. The molecule has 5 nitrogen and oxygen atoms in total. The Kier molecular flexibility index (Phi) is 6.17. The number of carbonyl (C=O) groups excluding carboxylic acids is 1. The summed E-state index contributed by atoms with van der Waals surface area (Å²) in [6.07, 6.45) is 1.16. The number of hydrogen-bond acceptors (Lipinski definition) is 3. The maximum atomic E-state index is 13.1. The molecule has 1 heterocycles. The van der Waals surface area contributed by atoms with Crippen LogP contribution in [0.15, 0.2) is 24.3 Å². The van der Waals surface area contributed by atoms with Gasteiger partial charge in [0.05, 0.1) is 5.92 Å². The highest BCUT2D eigenvalue weighted by Crippen LogP contribution is 2.37. The van der Waals surface area contributed by atoms with Crippen LogP contribution in [0.2, 0.25) is 0 Å². The number of ether oxygens (including phenoxy) is 1. The first-order chi connectivity index (χ1) is 12.4. The van der Waals surface area contributed by atoms with Gasteiger partial charge in [-0.25, -0.2) is 9.18 Å². The minimum atomic E-state index is -0.856. The fourth-order valence-corrected chi connectivity index (χ4v) is 3.78. The van der Waals surface area contributed by atoms with E-state index in [2.05, 4.69) is 0 Å². The Hall–Kier alpha value is -2.11. The molecule has 0 bridgehead atoms. The number of nitrogens with zero attached hydrogens (tertiary/aromatic N) is 1. The van der Waals surface area contributed by atoms with E-state index in [0.29, 0.717) is 25.8 Å². The Morgan fingerprint density at radius 2 is 1.89 bits per heavy atom. The van der Waals surface area contributed by atoms with Gasteiger partial charge in [0.2, 0.25) is 0 Å². The van der Waals surface area contributed by atoms with E-state index in [0.717, 1.165) is 5.56 Å². The molecule has 1 amide bonds. The number of piperidine rings is 1. The number of carbonyl (C=O) groups is 2. The van der Waals surface area contributed by atoms with E-state index in [-0.39, 0.29) is 17.8 Å². The number of benzene rings is 1. The summed E-state index contributed by atoms with van der Waals surface area (Å²) in [7, 11) is 0. The Morgan fingerprint density at radius 1 is 1.30 bits per heavy atom. The fourth-order valence-electron chi connectivity index (χ4n) is 3.78. The Balaban J connectivity index is 2.11. The van der Waals surface area contributed by atoms with Gasteiger partial charge in [0.1, 0.15) is 11.4 Å². The molecule has 0 spiro atoms. The van der Waals surface area contributed by atoms with Crippen LogP contribution >= 0.6 is 0 Å². The van der Waals surface area contributed by atoms with Gasteiger partial charge in [-0.3, -0.25) is 4.79 Å². The van der Waals surface area contributed by atoms with Crippen molar-refractivity contribution in [2.24, 2.45) is 11.8 Å². The number of likely N-dealkylation sites (tertiary alicyclic amines) is 1. The zero-order chi connectivity index (χ0) is 20.4. The molecule has 1 aromatic carbocycles. The van der Waals surface area contributed by atoms with Crippen molar-refractivity contribution in [3.05, 3.63) is 35.6 Å². The van der Waals surface area contributed by atoms with E-state index in [1.165, 1.54) is 12.1 Å². The van der Waals surface area contributed by atoms with Gasteiger partial charge < -0.3 is 14.7 Å². The number of hydrogen-bond donors (Lipinski definition) is 1. The van der Waals surface area contributed by atoms with Crippen molar-refractivity contribution < 1.29 is 23.8 Å². The van der Waals surface area contributed by atoms with E-state index in [1.54, 1.807) is 17.0 Å². The average Bonchev–Trinajstić information content (AvgIpc) is 2.51. The van der Waals surface area contributed by atoms with Crippen LogP contribution in [0.3, 0.4) is 0 Å². The van der Waals surface area contributed by atoms with Crippen molar-refractivity contribution in [3.63, 3.8) is 0 Å². The first-order valence-electron chi connectivity index (χ1n) is 9.37. The van der Waals surface area contributed by atoms with E-state index in [9.17, 15) is 19.1 Å². The smallest absolute Gasteiger partial charge is 0.410 e. The molecule has 2 unspecified atom stereocenters. The Bertz CT molecular complexity index is 678. The number of carboxylic acid groups (broad SMARTS) is 1. The van der Waals surface area contributed by atoms with Gasteiger partial charge in [-0.05, 0) is 77.5 Å². The summed E-state index contributed by atoms with van der Waals surface area (Å²) >= 11 is 0. The molecular formula is C21H30FNO4.